The third-order valence-corrected chi connectivity index (χ3v) is 12.5. The number of rotatable bonds is 6. The number of fused-ring (bicyclic) bond motifs is 9. The topological polar surface area (TPSA) is 68.0 Å². The number of nitrogens with one attached hydrogen (secondary N) is 1. The second kappa shape index (κ2) is 14.0. The number of furan rings is 2. The van der Waals surface area contributed by atoms with Crippen molar-refractivity contribution in [2.45, 2.75) is 6.17 Å². The van der Waals surface area contributed by atoms with Crippen LogP contribution < -0.4 is 5.32 Å². The van der Waals surface area contributed by atoms with Gasteiger partial charge in [-0.25, -0.2) is 9.98 Å². The zero-order valence-electron chi connectivity index (χ0n) is 33.9. The van der Waals surface area contributed by atoms with Gasteiger partial charge in [0.15, 0.2) is 5.84 Å². The van der Waals surface area contributed by atoms with Crippen molar-refractivity contribution in [1.82, 2.24) is 9.88 Å². The lowest BCUT2D eigenvalue weighted by atomic mass is 9.96. The van der Waals surface area contributed by atoms with Gasteiger partial charge in [-0.1, -0.05) is 152 Å². The maximum absolute atomic E-state index is 6.58. The third-order valence-electron chi connectivity index (χ3n) is 12.5. The van der Waals surface area contributed by atoms with Gasteiger partial charge in [-0.15, -0.1) is 0 Å². The summed E-state index contributed by atoms with van der Waals surface area (Å²) in [6, 6.07) is 72.1. The molecule has 1 atom stereocenters. The first kappa shape index (κ1) is 35.3. The summed E-state index contributed by atoms with van der Waals surface area (Å²) in [6.07, 6.45) is -0.342. The minimum Gasteiger partial charge on any atom is -0.456 e. The molecule has 0 saturated carbocycles. The highest BCUT2D eigenvalue weighted by molar-refractivity contribution is 6.23. The summed E-state index contributed by atoms with van der Waals surface area (Å²) < 4.78 is 15.5. The molecule has 1 aliphatic heterocycles. The molecule has 0 spiro atoms. The van der Waals surface area contributed by atoms with E-state index in [1.54, 1.807) is 0 Å². The van der Waals surface area contributed by atoms with Gasteiger partial charge >= 0.3 is 0 Å². The molecule has 6 heteroatoms. The van der Waals surface area contributed by atoms with Crippen LogP contribution in [0.4, 0.5) is 0 Å². The fourth-order valence-corrected chi connectivity index (χ4v) is 9.55. The van der Waals surface area contributed by atoms with E-state index in [-0.39, 0.29) is 6.17 Å². The van der Waals surface area contributed by atoms with E-state index in [9.17, 15) is 0 Å². The van der Waals surface area contributed by atoms with Gasteiger partial charge in [-0.05, 0) is 82.4 Å². The van der Waals surface area contributed by atoms with Crippen LogP contribution in [0.1, 0.15) is 22.9 Å². The lowest BCUT2D eigenvalue weighted by molar-refractivity contribution is 0.668. The van der Waals surface area contributed by atoms with E-state index in [0.717, 1.165) is 88.8 Å². The quantitative estimate of drug-likeness (QED) is 0.182. The van der Waals surface area contributed by atoms with Gasteiger partial charge in [-0.3, -0.25) is 0 Å². The van der Waals surface area contributed by atoms with Gasteiger partial charge in [0.25, 0.3) is 0 Å². The van der Waals surface area contributed by atoms with E-state index in [4.69, 9.17) is 18.8 Å². The predicted octanol–water partition coefficient (Wildman–Crippen LogP) is 14.4. The zero-order valence-corrected chi connectivity index (χ0v) is 33.9. The van der Waals surface area contributed by atoms with Gasteiger partial charge < -0.3 is 18.7 Å². The van der Waals surface area contributed by atoms with Crippen molar-refractivity contribution in [2.75, 3.05) is 0 Å². The largest absolute Gasteiger partial charge is 0.456 e. The summed E-state index contributed by atoms with van der Waals surface area (Å²) >= 11 is 0. The maximum Gasteiger partial charge on any atom is 0.160 e. The fraction of sp³-hybridized carbons (Fsp3) is 0.0175. The Morgan fingerprint density at radius 1 is 0.413 bits per heavy atom. The Bertz CT molecular complexity index is 3760. The van der Waals surface area contributed by atoms with Crippen LogP contribution in [0.5, 0.6) is 0 Å². The molecular weight excluding hydrogens is 773 g/mol. The molecule has 13 rings (SSSR count). The summed E-state index contributed by atoms with van der Waals surface area (Å²) in [6.45, 7) is 0. The minimum atomic E-state index is -0.342. The smallest absolute Gasteiger partial charge is 0.160 e. The van der Waals surface area contributed by atoms with Gasteiger partial charge in [0.2, 0.25) is 0 Å². The van der Waals surface area contributed by atoms with E-state index in [2.05, 4.69) is 180 Å². The predicted molar refractivity (Wildman–Crippen MR) is 258 cm³/mol. The monoisotopic (exact) mass is 808 g/mol. The second-order valence-corrected chi connectivity index (χ2v) is 16.1. The van der Waals surface area contributed by atoms with Crippen LogP contribution in [-0.2, 0) is 0 Å². The van der Waals surface area contributed by atoms with Crippen LogP contribution in [0.3, 0.4) is 0 Å². The lowest BCUT2D eigenvalue weighted by Crippen LogP contribution is -2.33. The summed E-state index contributed by atoms with van der Waals surface area (Å²) in [5.74, 6) is 1.40. The molecule has 0 bridgehead atoms. The third kappa shape index (κ3) is 5.73. The molecule has 9 aromatic carbocycles. The molecular formula is C57H36N4O2. The van der Waals surface area contributed by atoms with Crippen molar-refractivity contribution in [1.29, 1.82) is 0 Å². The van der Waals surface area contributed by atoms with Crippen LogP contribution in [0.15, 0.2) is 225 Å². The molecule has 0 amide bonds. The van der Waals surface area contributed by atoms with Crippen LogP contribution >= 0.6 is 0 Å². The number of nitrogens with zero attached hydrogens (tertiary/aromatic N) is 3. The minimum absolute atomic E-state index is 0.342. The van der Waals surface area contributed by atoms with Crippen molar-refractivity contribution in [3.63, 3.8) is 0 Å². The van der Waals surface area contributed by atoms with E-state index < -0.39 is 0 Å². The molecule has 0 aliphatic carbocycles. The number of amidine groups is 2. The number of para-hydroxylation sites is 2. The summed E-state index contributed by atoms with van der Waals surface area (Å²) in [5, 5.41) is 10.2. The van der Waals surface area contributed by atoms with Crippen LogP contribution in [-0.4, -0.2) is 16.2 Å². The zero-order chi connectivity index (χ0) is 41.4. The molecule has 0 radical (unpaired) electrons. The fourth-order valence-electron chi connectivity index (χ4n) is 9.55. The molecule has 3 aromatic heterocycles. The van der Waals surface area contributed by atoms with E-state index >= 15 is 0 Å². The van der Waals surface area contributed by atoms with E-state index in [0.29, 0.717) is 5.84 Å². The van der Waals surface area contributed by atoms with Crippen LogP contribution in [0.2, 0.25) is 0 Å². The first-order chi connectivity index (χ1) is 31.2. The second-order valence-electron chi connectivity index (χ2n) is 16.1. The van der Waals surface area contributed by atoms with E-state index in [1.807, 2.05) is 36.4 Å². The van der Waals surface area contributed by atoms with Crippen molar-refractivity contribution >= 4 is 77.4 Å². The molecule has 0 fully saturated rings. The molecule has 12 aromatic rings. The average Bonchev–Trinajstić information content (AvgIpc) is 4.03. The summed E-state index contributed by atoms with van der Waals surface area (Å²) in [7, 11) is 0. The van der Waals surface area contributed by atoms with Gasteiger partial charge in [0.05, 0.1) is 11.0 Å². The molecule has 296 valence electrons. The molecule has 1 N–H and O–H groups in total. The molecule has 1 unspecified atom stereocenters. The Labute approximate surface area is 361 Å². The number of hydrogen-bond acceptors (Lipinski definition) is 5. The molecule has 6 nitrogen and oxygen atoms in total. The summed E-state index contributed by atoms with van der Waals surface area (Å²) in [4.78, 5) is 10.5. The van der Waals surface area contributed by atoms with Gasteiger partial charge in [0.1, 0.15) is 34.3 Å². The average molecular weight is 809 g/mol. The highest BCUT2D eigenvalue weighted by Crippen LogP contribution is 2.42. The number of aromatic nitrogens is 1. The van der Waals surface area contributed by atoms with Crippen molar-refractivity contribution in [3.05, 3.63) is 223 Å². The number of benzene rings is 9. The Balaban J connectivity index is 0.961. The molecule has 0 saturated heterocycles. The Hall–Kier alpha value is -8.48. The SMILES string of the molecule is c1ccc(-c2ccc(C3=NC(c4cccc5oc6ccc(-c7cccc8oc9ccc(-n%10c%11ccccc%11c%11ccccc%11%10)cc9c78)cc6c45)=NC(c4ccccc4)N3)cc2)cc1. The van der Waals surface area contributed by atoms with Crippen LogP contribution in [0.25, 0.3) is 93.6 Å². The van der Waals surface area contributed by atoms with Crippen molar-refractivity contribution in [3.8, 4) is 27.9 Å². The van der Waals surface area contributed by atoms with Gasteiger partial charge in [-0.2, -0.15) is 0 Å². The standard InChI is InChI=1S/C57H36N4O2/c1-3-13-35(14-4-1)36-25-27-38(28-26-36)56-58-55(37-15-5-2-6-16-37)59-57(60-56)44-20-12-24-52-54(44)45-33-39(29-31-49(45)62-52)41-19-11-23-51-53(41)46-34-40(30-32-50(46)63-51)61-47-21-9-7-17-42(47)43-18-8-10-22-48(43)61/h1-34,55H,(H,58,59,60). The van der Waals surface area contributed by atoms with Crippen molar-refractivity contribution < 1.29 is 8.83 Å². The highest BCUT2D eigenvalue weighted by Gasteiger charge is 2.24. The van der Waals surface area contributed by atoms with Crippen LogP contribution in [0, 0.1) is 0 Å². The summed E-state index contributed by atoms with van der Waals surface area (Å²) in [5.41, 5.74) is 14.1. The first-order valence-electron chi connectivity index (χ1n) is 21.3. The molecule has 63 heavy (non-hydrogen) atoms. The Morgan fingerprint density at radius 2 is 0.968 bits per heavy atom. The van der Waals surface area contributed by atoms with E-state index in [1.165, 1.54) is 27.4 Å². The normalized spacial score (nSPS) is 14.2. The number of hydrogen-bond donors (Lipinski definition) is 1. The lowest BCUT2D eigenvalue weighted by Gasteiger charge is -2.24. The first-order valence-corrected chi connectivity index (χ1v) is 21.3. The van der Waals surface area contributed by atoms with Gasteiger partial charge in [0, 0.05) is 49.1 Å². The Kier molecular flexibility index (Phi) is 7.87. The molecule has 1 aliphatic rings. The molecule has 4 heterocycles. The van der Waals surface area contributed by atoms with Crippen molar-refractivity contribution in [2.24, 2.45) is 9.98 Å². The maximum atomic E-state index is 6.58. The number of aliphatic imine (C=N–C) groups is 2. The Morgan fingerprint density at radius 3 is 1.68 bits per heavy atom. The highest BCUT2D eigenvalue weighted by atomic mass is 16.3.